The van der Waals surface area contributed by atoms with E-state index >= 15 is 0 Å². The topological polar surface area (TPSA) is 158 Å². The van der Waals surface area contributed by atoms with E-state index in [1.54, 1.807) is 6.07 Å². The van der Waals surface area contributed by atoms with Gasteiger partial charge in [-0.2, -0.15) is 5.26 Å². The lowest BCUT2D eigenvalue weighted by Gasteiger charge is -2.09. The van der Waals surface area contributed by atoms with Gasteiger partial charge < -0.3 is 10.4 Å². The number of hydrogen-bond donors (Lipinski definition) is 3. The average molecular weight is 370 g/mol. The minimum atomic E-state index is -1.32. The van der Waals surface area contributed by atoms with Gasteiger partial charge in [0.15, 0.2) is 5.69 Å². The molecule has 10 nitrogen and oxygen atoms in total. The van der Waals surface area contributed by atoms with Gasteiger partial charge in [-0.05, 0) is 24.3 Å². The van der Waals surface area contributed by atoms with Crippen LogP contribution in [0.1, 0.15) is 26.4 Å². The number of benzene rings is 1. The lowest BCUT2D eigenvalue weighted by molar-refractivity contribution is 0.0698. The maximum absolute atomic E-state index is 12.3. The van der Waals surface area contributed by atoms with Crippen LogP contribution in [0.2, 0.25) is 5.02 Å². The summed E-state index contributed by atoms with van der Waals surface area (Å²) in [6.45, 7) is 0. The second-order valence-corrected chi connectivity index (χ2v) is 5.32. The van der Waals surface area contributed by atoms with Crippen molar-refractivity contribution in [3.63, 3.8) is 0 Å². The van der Waals surface area contributed by atoms with Crippen LogP contribution in [-0.4, -0.2) is 42.6 Å². The molecule has 2 aromatic heterocycles. The number of rotatable bonds is 4. The number of hydrogen-bond acceptors (Lipinski definition) is 7. The molecule has 3 aromatic rings. The quantitative estimate of drug-likeness (QED) is 0.627. The molecule has 1 aromatic carbocycles. The van der Waals surface area contributed by atoms with E-state index in [1.807, 2.05) is 0 Å². The molecule has 0 unspecified atom stereocenters. The molecule has 3 rings (SSSR count). The monoisotopic (exact) mass is 369 g/mol. The molecule has 0 fully saturated rings. The van der Waals surface area contributed by atoms with Crippen LogP contribution in [0.15, 0.2) is 30.5 Å². The molecule has 0 saturated heterocycles. The Kier molecular flexibility index (Phi) is 4.55. The smallest absolute Gasteiger partial charge is 0.337 e. The van der Waals surface area contributed by atoms with Crippen molar-refractivity contribution >= 4 is 29.2 Å². The number of H-pyrrole nitrogens is 1. The van der Waals surface area contributed by atoms with Crippen LogP contribution >= 0.6 is 11.6 Å². The Morgan fingerprint density at radius 3 is 2.58 bits per heavy atom. The SMILES string of the molecule is N#Cc1cc(C(=O)O)c(NC(=O)c2ccc(-c3c[nH]nn3)nn2)cc1Cl. The normalized spacial score (nSPS) is 10.2. The fourth-order valence-corrected chi connectivity index (χ4v) is 2.25. The second-order valence-electron chi connectivity index (χ2n) is 4.91. The van der Waals surface area contributed by atoms with Crippen LogP contribution in [0.25, 0.3) is 11.4 Å². The Hall–Kier alpha value is -3.84. The summed E-state index contributed by atoms with van der Waals surface area (Å²) in [4.78, 5) is 23.7. The number of carbonyl (C=O) groups is 2. The number of aromatic carboxylic acids is 1. The van der Waals surface area contributed by atoms with Gasteiger partial charge in [0.25, 0.3) is 5.91 Å². The molecule has 0 aliphatic carbocycles. The van der Waals surface area contributed by atoms with Gasteiger partial charge in [-0.25, -0.2) is 4.79 Å². The summed E-state index contributed by atoms with van der Waals surface area (Å²) in [5.74, 6) is -2.01. The highest BCUT2D eigenvalue weighted by molar-refractivity contribution is 6.32. The van der Waals surface area contributed by atoms with Crippen molar-refractivity contribution < 1.29 is 14.7 Å². The van der Waals surface area contributed by atoms with E-state index in [1.165, 1.54) is 24.4 Å². The molecule has 2 heterocycles. The summed E-state index contributed by atoms with van der Waals surface area (Å²) in [6.07, 6.45) is 1.52. The summed E-state index contributed by atoms with van der Waals surface area (Å²) < 4.78 is 0. The molecule has 0 spiro atoms. The number of carboxylic acid groups (broad SMARTS) is 1. The number of carboxylic acids is 1. The lowest BCUT2D eigenvalue weighted by atomic mass is 10.1. The highest BCUT2D eigenvalue weighted by Crippen LogP contribution is 2.25. The van der Waals surface area contributed by atoms with Crippen molar-refractivity contribution in [1.82, 2.24) is 25.6 Å². The van der Waals surface area contributed by atoms with Gasteiger partial charge >= 0.3 is 5.97 Å². The van der Waals surface area contributed by atoms with Gasteiger partial charge in [-0.3, -0.25) is 9.89 Å². The van der Waals surface area contributed by atoms with Crippen LogP contribution < -0.4 is 5.32 Å². The van der Waals surface area contributed by atoms with Gasteiger partial charge in [-0.1, -0.05) is 16.8 Å². The van der Waals surface area contributed by atoms with Gasteiger partial charge in [0.05, 0.1) is 28.0 Å². The number of aromatic amines is 1. The molecule has 128 valence electrons. The average Bonchev–Trinajstić information content (AvgIpc) is 3.16. The van der Waals surface area contributed by atoms with E-state index < -0.39 is 11.9 Å². The van der Waals surface area contributed by atoms with Crippen LogP contribution in [0.4, 0.5) is 5.69 Å². The minimum Gasteiger partial charge on any atom is -0.478 e. The Labute approximate surface area is 150 Å². The van der Waals surface area contributed by atoms with Crippen LogP contribution in [0, 0.1) is 11.3 Å². The van der Waals surface area contributed by atoms with E-state index in [-0.39, 0.29) is 27.5 Å². The summed E-state index contributed by atoms with van der Waals surface area (Å²) in [7, 11) is 0. The first-order chi connectivity index (χ1) is 12.5. The van der Waals surface area contributed by atoms with E-state index in [0.29, 0.717) is 11.4 Å². The van der Waals surface area contributed by atoms with Gasteiger partial charge in [-0.15, -0.1) is 15.3 Å². The number of amides is 1. The highest BCUT2D eigenvalue weighted by atomic mass is 35.5. The van der Waals surface area contributed by atoms with Gasteiger partial charge in [0.2, 0.25) is 0 Å². The zero-order valence-electron chi connectivity index (χ0n) is 12.8. The van der Waals surface area contributed by atoms with Crippen molar-refractivity contribution in [2.24, 2.45) is 0 Å². The van der Waals surface area contributed by atoms with Crippen LogP contribution in [0.3, 0.4) is 0 Å². The number of halogens is 1. The number of nitriles is 1. The zero-order valence-corrected chi connectivity index (χ0v) is 13.5. The number of anilines is 1. The van der Waals surface area contributed by atoms with Crippen molar-refractivity contribution in [3.8, 4) is 17.5 Å². The van der Waals surface area contributed by atoms with Gasteiger partial charge in [0.1, 0.15) is 17.5 Å². The van der Waals surface area contributed by atoms with Crippen LogP contribution in [-0.2, 0) is 0 Å². The molecular weight excluding hydrogens is 362 g/mol. The molecule has 26 heavy (non-hydrogen) atoms. The molecule has 0 radical (unpaired) electrons. The fourth-order valence-electron chi connectivity index (χ4n) is 2.04. The maximum atomic E-state index is 12.3. The summed E-state index contributed by atoms with van der Waals surface area (Å²) in [5, 5.41) is 38.1. The standard InChI is InChI=1S/C15H8ClN7O3/c16-9-4-12(8(15(25)26)3-7(9)5-17)19-14(24)11-2-1-10(20-21-11)13-6-18-23-22-13/h1-4,6H,(H,19,24)(H,25,26)(H,18,22,23). The van der Waals surface area contributed by atoms with E-state index in [4.69, 9.17) is 16.9 Å². The van der Waals surface area contributed by atoms with Crippen molar-refractivity contribution in [1.29, 1.82) is 5.26 Å². The van der Waals surface area contributed by atoms with Crippen LogP contribution in [0.5, 0.6) is 0 Å². The third kappa shape index (κ3) is 3.33. The van der Waals surface area contributed by atoms with Crippen molar-refractivity contribution in [3.05, 3.63) is 52.3 Å². The number of aromatic nitrogens is 5. The summed E-state index contributed by atoms with van der Waals surface area (Å²) in [6, 6.07) is 6.97. The Bertz CT molecular complexity index is 1030. The molecule has 0 aliphatic heterocycles. The molecule has 0 atom stereocenters. The van der Waals surface area contributed by atoms with Crippen molar-refractivity contribution in [2.75, 3.05) is 5.32 Å². The van der Waals surface area contributed by atoms with Crippen molar-refractivity contribution in [2.45, 2.75) is 0 Å². The number of nitrogens with zero attached hydrogens (tertiary/aromatic N) is 5. The summed E-state index contributed by atoms with van der Waals surface area (Å²) in [5.41, 5.74) is 0.465. The first-order valence-corrected chi connectivity index (χ1v) is 7.36. The largest absolute Gasteiger partial charge is 0.478 e. The van der Waals surface area contributed by atoms with E-state index in [2.05, 4.69) is 30.9 Å². The Morgan fingerprint density at radius 1 is 1.19 bits per heavy atom. The first-order valence-electron chi connectivity index (χ1n) is 6.98. The molecule has 0 bridgehead atoms. The third-order valence-electron chi connectivity index (χ3n) is 3.28. The third-order valence-corrected chi connectivity index (χ3v) is 3.60. The summed E-state index contributed by atoms with van der Waals surface area (Å²) >= 11 is 5.90. The maximum Gasteiger partial charge on any atom is 0.337 e. The molecule has 0 saturated carbocycles. The van der Waals surface area contributed by atoms with Gasteiger partial charge in [0, 0.05) is 0 Å². The molecule has 1 amide bonds. The molecule has 0 aliphatic rings. The highest BCUT2D eigenvalue weighted by Gasteiger charge is 2.18. The predicted octanol–water partition coefficient (Wildman–Crippen LogP) is 1.74. The molecular formula is C15H8ClN7O3. The number of carbonyl (C=O) groups excluding carboxylic acids is 1. The molecule has 3 N–H and O–H groups in total. The second kappa shape index (κ2) is 6.96. The predicted molar refractivity (Wildman–Crippen MR) is 88.5 cm³/mol. The van der Waals surface area contributed by atoms with E-state index in [0.717, 1.165) is 6.07 Å². The fraction of sp³-hybridized carbons (Fsp3) is 0. The Morgan fingerprint density at radius 2 is 2.00 bits per heavy atom. The molecule has 11 heteroatoms. The lowest BCUT2D eigenvalue weighted by Crippen LogP contribution is -2.17. The zero-order chi connectivity index (χ0) is 18.7. The minimum absolute atomic E-state index is 0.0141. The Balaban J connectivity index is 1.87. The van der Waals surface area contributed by atoms with E-state index in [9.17, 15) is 14.7 Å². The number of nitrogens with one attached hydrogen (secondary N) is 2. The first kappa shape index (κ1) is 17.0.